The summed E-state index contributed by atoms with van der Waals surface area (Å²) in [7, 11) is 0. The molecule has 2 aromatic carbocycles. The maximum absolute atomic E-state index is 13.1. The predicted molar refractivity (Wildman–Crippen MR) is 122 cm³/mol. The Bertz CT molecular complexity index is 849. The van der Waals surface area contributed by atoms with Crippen LogP contribution >= 0.6 is 0 Å². The molecule has 0 aliphatic carbocycles. The number of nitrogens with one attached hydrogen (secondary N) is 2. The Hall–Kier alpha value is -2.86. The van der Waals surface area contributed by atoms with Crippen LogP contribution in [-0.4, -0.2) is 47.7 Å². The number of carbonyl (C=O) groups is 2. The highest BCUT2D eigenvalue weighted by Crippen LogP contribution is 2.14. The minimum absolute atomic E-state index is 0.0647. The zero-order chi connectivity index (χ0) is 22.3. The molecule has 1 aliphatic rings. The Morgan fingerprint density at radius 3 is 2.26 bits per heavy atom. The van der Waals surface area contributed by atoms with E-state index in [0.29, 0.717) is 6.42 Å². The van der Waals surface area contributed by atoms with E-state index >= 15 is 0 Å². The van der Waals surface area contributed by atoms with Gasteiger partial charge in [0.1, 0.15) is 11.6 Å². The Morgan fingerprint density at radius 1 is 1.03 bits per heavy atom. The van der Waals surface area contributed by atoms with Crippen molar-refractivity contribution in [2.45, 2.75) is 57.8 Å². The van der Waals surface area contributed by atoms with E-state index in [1.165, 1.54) is 5.56 Å². The number of alkyl carbamates (subject to hydrolysis) is 1. The molecule has 0 saturated carbocycles. The van der Waals surface area contributed by atoms with Crippen molar-refractivity contribution in [1.29, 1.82) is 0 Å². The summed E-state index contributed by atoms with van der Waals surface area (Å²) in [6.07, 6.45) is 0.718. The Morgan fingerprint density at radius 2 is 1.65 bits per heavy atom. The highest BCUT2D eigenvalue weighted by molar-refractivity contribution is 5.86. The van der Waals surface area contributed by atoms with E-state index < -0.39 is 17.7 Å². The molecular weight excluding hydrogens is 390 g/mol. The van der Waals surface area contributed by atoms with Crippen molar-refractivity contribution in [3.05, 3.63) is 71.8 Å². The van der Waals surface area contributed by atoms with E-state index in [1.54, 1.807) is 20.8 Å². The standard InChI is InChI=1S/C25H33N3O3/c1-25(2,3)31-24(30)27-22(16-19-10-6-4-7-11-19)23(29)26-21-14-15-28(18-21)17-20-12-8-5-9-13-20/h4-13,21-22H,14-18H2,1-3H3,(H,26,29)(H,27,30)/t21-,22+/m1/s1. The van der Waals surface area contributed by atoms with Gasteiger partial charge in [0, 0.05) is 32.1 Å². The molecule has 31 heavy (non-hydrogen) atoms. The van der Waals surface area contributed by atoms with Gasteiger partial charge in [-0.2, -0.15) is 0 Å². The summed E-state index contributed by atoms with van der Waals surface area (Å²) in [4.78, 5) is 27.7. The highest BCUT2D eigenvalue weighted by Gasteiger charge is 2.29. The third-order valence-corrected chi connectivity index (χ3v) is 5.16. The fourth-order valence-electron chi connectivity index (χ4n) is 3.75. The van der Waals surface area contributed by atoms with Gasteiger partial charge in [0.25, 0.3) is 0 Å². The molecule has 2 atom stereocenters. The van der Waals surface area contributed by atoms with Crippen molar-refractivity contribution in [3.8, 4) is 0 Å². The lowest BCUT2D eigenvalue weighted by molar-refractivity contribution is -0.123. The van der Waals surface area contributed by atoms with Crippen LogP contribution < -0.4 is 10.6 Å². The molecule has 6 heteroatoms. The van der Waals surface area contributed by atoms with Gasteiger partial charge >= 0.3 is 6.09 Å². The molecular formula is C25H33N3O3. The fraction of sp³-hybridized carbons (Fsp3) is 0.440. The molecule has 0 spiro atoms. The summed E-state index contributed by atoms with van der Waals surface area (Å²) >= 11 is 0. The lowest BCUT2D eigenvalue weighted by Crippen LogP contribution is -2.52. The second kappa shape index (κ2) is 10.4. The van der Waals surface area contributed by atoms with Crippen LogP contribution in [0.5, 0.6) is 0 Å². The minimum Gasteiger partial charge on any atom is -0.444 e. The number of hydrogen-bond donors (Lipinski definition) is 2. The van der Waals surface area contributed by atoms with Crippen LogP contribution in [0.2, 0.25) is 0 Å². The van der Waals surface area contributed by atoms with E-state index in [2.05, 4.69) is 27.7 Å². The first-order valence-electron chi connectivity index (χ1n) is 10.9. The Labute approximate surface area is 185 Å². The summed E-state index contributed by atoms with van der Waals surface area (Å²) in [5, 5.41) is 5.89. The molecule has 0 radical (unpaired) electrons. The van der Waals surface area contributed by atoms with Crippen LogP contribution in [0.1, 0.15) is 38.3 Å². The summed E-state index contributed by atoms with van der Waals surface area (Å²) in [5.41, 5.74) is 1.63. The first kappa shape index (κ1) is 22.8. The summed E-state index contributed by atoms with van der Waals surface area (Å²) < 4.78 is 5.37. The van der Waals surface area contributed by atoms with Gasteiger partial charge in [-0.05, 0) is 38.3 Å². The average molecular weight is 424 g/mol. The molecule has 2 aromatic rings. The number of nitrogens with zero attached hydrogens (tertiary/aromatic N) is 1. The largest absolute Gasteiger partial charge is 0.444 e. The van der Waals surface area contributed by atoms with Gasteiger partial charge in [0.05, 0.1) is 0 Å². The molecule has 1 fully saturated rings. The molecule has 0 bridgehead atoms. The van der Waals surface area contributed by atoms with Crippen molar-refractivity contribution in [3.63, 3.8) is 0 Å². The molecule has 1 aliphatic heterocycles. The summed E-state index contributed by atoms with van der Waals surface area (Å²) in [6, 6.07) is 19.4. The molecule has 1 heterocycles. The number of hydrogen-bond acceptors (Lipinski definition) is 4. The molecule has 2 amide bonds. The second-order valence-corrected chi connectivity index (χ2v) is 9.10. The minimum atomic E-state index is -0.694. The Balaban J connectivity index is 1.59. The molecule has 0 aromatic heterocycles. The van der Waals surface area contributed by atoms with Gasteiger partial charge in [0.2, 0.25) is 5.91 Å². The SMILES string of the molecule is CC(C)(C)OC(=O)N[C@@H](Cc1ccccc1)C(=O)N[C@@H]1CCN(Cc2ccccc2)C1. The fourth-order valence-corrected chi connectivity index (χ4v) is 3.75. The first-order valence-corrected chi connectivity index (χ1v) is 10.9. The zero-order valence-corrected chi connectivity index (χ0v) is 18.6. The molecule has 3 rings (SSSR count). The van der Waals surface area contributed by atoms with Crippen LogP contribution in [0.3, 0.4) is 0 Å². The van der Waals surface area contributed by atoms with E-state index in [4.69, 9.17) is 4.74 Å². The third-order valence-electron chi connectivity index (χ3n) is 5.16. The van der Waals surface area contributed by atoms with Gasteiger partial charge in [-0.3, -0.25) is 9.69 Å². The lowest BCUT2D eigenvalue weighted by Gasteiger charge is -2.24. The van der Waals surface area contributed by atoms with Gasteiger partial charge in [0.15, 0.2) is 0 Å². The molecule has 2 N–H and O–H groups in total. The van der Waals surface area contributed by atoms with Crippen LogP contribution in [0.15, 0.2) is 60.7 Å². The van der Waals surface area contributed by atoms with Crippen LogP contribution in [0, 0.1) is 0 Å². The van der Waals surface area contributed by atoms with Crippen molar-refractivity contribution < 1.29 is 14.3 Å². The smallest absolute Gasteiger partial charge is 0.408 e. The monoisotopic (exact) mass is 423 g/mol. The zero-order valence-electron chi connectivity index (χ0n) is 18.6. The summed E-state index contributed by atoms with van der Waals surface area (Å²) in [6.45, 7) is 8.01. The maximum Gasteiger partial charge on any atom is 0.408 e. The van der Waals surface area contributed by atoms with E-state index in [0.717, 1.165) is 31.6 Å². The predicted octanol–water partition coefficient (Wildman–Crippen LogP) is 3.51. The number of ether oxygens (including phenoxy) is 1. The van der Waals surface area contributed by atoms with Crippen molar-refractivity contribution in [2.75, 3.05) is 13.1 Å². The quantitative estimate of drug-likeness (QED) is 0.715. The topological polar surface area (TPSA) is 70.7 Å². The van der Waals surface area contributed by atoms with Crippen molar-refractivity contribution in [2.24, 2.45) is 0 Å². The number of likely N-dealkylation sites (tertiary alicyclic amines) is 1. The average Bonchev–Trinajstić information content (AvgIpc) is 3.14. The van der Waals surface area contributed by atoms with Crippen LogP contribution in [0.4, 0.5) is 4.79 Å². The van der Waals surface area contributed by atoms with E-state index in [9.17, 15) is 9.59 Å². The number of benzene rings is 2. The molecule has 6 nitrogen and oxygen atoms in total. The van der Waals surface area contributed by atoms with E-state index in [1.807, 2.05) is 48.5 Å². The van der Waals surface area contributed by atoms with Gasteiger partial charge in [-0.25, -0.2) is 4.79 Å². The molecule has 0 unspecified atom stereocenters. The van der Waals surface area contributed by atoms with Crippen molar-refractivity contribution >= 4 is 12.0 Å². The summed E-state index contributed by atoms with van der Waals surface area (Å²) in [5.74, 6) is -0.179. The van der Waals surface area contributed by atoms with Crippen LogP contribution in [-0.2, 0) is 22.5 Å². The number of amides is 2. The first-order chi connectivity index (χ1) is 14.8. The lowest BCUT2D eigenvalue weighted by atomic mass is 10.0. The van der Waals surface area contributed by atoms with E-state index in [-0.39, 0.29) is 11.9 Å². The Kier molecular flexibility index (Phi) is 7.69. The van der Waals surface area contributed by atoms with Gasteiger partial charge < -0.3 is 15.4 Å². The van der Waals surface area contributed by atoms with Crippen LogP contribution in [0.25, 0.3) is 0 Å². The van der Waals surface area contributed by atoms with Gasteiger partial charge in [-0.1, -0.05) is 60.7 Å². The maximum atomic E-state index is 13.1. The van der Waals surface area contributed by atoms with Crippen molar-refractivity contribution in [1.82, 2.24) is 15.5 Å². The number of rotatable bonds is 7. The molecule has 166 valence electrons. The number of carbonyl (C=O) groups excluding carboxylic acids is 2. The molecule has 1 saturated heterocycles. The third kappa shape index (κ3) is 7.72. The highest BCUT2D eigenvalue weighted by atomic mass is 16.6. The normalized spacial score (nSPS) is 17.7. The van der Waals surface area contributed by atoms with Gasteiger partial charge in [-0.15, -0.1) is 0 Å². The second-order valence-electron chi connectivity index (χ2n) is 9.10.